The molecule has 4 nitrogen and oxygen atoms in total. The molecular formula is C9H17N3O. The highest BCUT2D eigenvalue weighted by Crippen LogP contribution is 1.95. The predicted octanol–water partition coefficient (Wildman–Crippen LogP) is 0.309. The molecule has 0 unspecified atom stereocenters. The number of carbonyl (C=O) groups excluding carboxylic acids is 1. The van der Waals surface area contributed by atoms with Crippen LogP contribution in [0.15, 0.2) is 0 Å². The van der Waals surface area contributed by atoms with Crippen LogP contribution in [-0.2, 0) is 4.79 Å². The summed E-state index contributed by atoms with van der Waals surface area (Å²) in [5.41, 5.74) is 0. The zero-order valence-electron chi connectivity index (χ0n) is 8.74. The summed E-state index contributed by atoms with van der Waals surface area (Å²) in [7, 11) is 3.53. The maximum Gasteiger partial charge on any atom is 0.236 e. The van der Waals surface area contributed by atoms with E-state index in [1.54, 1.807) is 23.9 Å². The van der Waals surface area contributed by atoms with E-state index in [0.717, 1.165) is 0 Å². The first-order chi connectivity index (χ1) is 5.99. The molecule has 0 aromatic heterocycles. The van der Waals surface area contributed by atoms with Crippen LogP contribution in [0, 0.1) is 11.3 Å². The van der Waals surface area contributed by atoms with Crippen molar-refractivity contribution in [2.24, 2.45) is 0 Å². The van der Waals surface area contributed by atoms with E-state index >= 15 is 0 Å². The van der Waals surface area contributed by atoms with Crippen molar-refractivity contribution in [1.82, 2.24) is 9.80 Å². The van der Waals surface area contributed by atoms with Gasteiger partial charge in [0.2, 0.25) is 5.91 Å². The Balaban J connectivity index is 3.94. The molecule has 0 atom stereocenters. The molecule has 0 radical (unpaired) electrons. The van der Waals surface area contributed by atoms with E-state index in [4.69, 9.17) is 5.26 Å². The first-order valence-electron chi connectivity index (χ1n) is 4.30. The lowest BCUT2D eigenvalue weighted by molar-refractivity contribution is -0.132. The van der Waals surface area contributed by atoms with Gasteiger partial charge in [-0.1, -0.05) is 0 Å². The average molecular weight is 183 g/mol. The van der Waals surface area contributed by atoms with Crippen LogP contribution in [0.25, 0.3) is 0 Å². The molecule has 0 aromatic rings. The highest BCUT2D eigenvalue weighted by Gasteiger charge is 2.13. The van der Waals surface area contributed by atoms with Crippen LogP contribution in [-0.4, -0.2) is 48.9 Å². The minimum Gasteiger partial charge on any atom is -0.342 e. The van der Waals surface area contributed by atoms with Gasteiger partial charge in [-0.2, -0.15) is 5.26 Å². The summed E-state index contributed by atoms with van der Waals surface area (Å²) >= 11 is 0. The van der Waals surface area contributed by atoms with Gasteiger partial charge in [0.1, 0.15) is 0 Å². The lowest BCUT2D eigenvalue weighted by Crippen LogP contribution is -2.40. The molecular weight excluding hydrogens is 166 g/mol. The van der Waals surface area contributed by atoms with Gasteiger partial charge in [0.25, 0.3) is 0 Å². The van der Waals surface area contributed by atoms with Crippen molar-refractivity contribution in [3.8, 4) is 6.07 Å². The number of amides is 1. The third-order valence-electron chi connectivity index (χ3n) is 1.91. The minimum absolute atomic E-state index is 0.0488. The summed E-state index contributed by atoms with van der Waals surface area (Å²) in [5, 5.41) is 8.38. The number of nitrogens with zero attached hydrogens (tertiary/aromatic N) is 3. The molecule has 0 aliphatic carbocycles. The molecule has 0 fully saturated rings. The Kier molecular flexibility index (Phi) is 5.09. The molecule has 0 saturated carbocycles. The van der Waals surface area contributed by atoms with E-state index < -0.39 is 0 Å². The van der Waals surface area contributed by atoms with Crippen LogP contribution in [0.4, 0.5) is 0 Å². The highest BCUT2D eigenvalue weighted by atomic mass is 16.2. The standard InChI is InChI=1S/C9H17N3O/c1-8(2)12(4)9(13)7-11(3)6-5-10/h8H,6-7H2,1-4H3. The maximum absolute atomic E-state index is 11.4. The van der Waals surface area contributed by atoms with E-state index in [1.165, 1.54) is 0 Å². The fourth-order valence-corrected chi connectivity index (χ4v) is 0.807. The van der Waals surface area contributed by atoms with Crippen LogP contribution in [0.1, 0.15) is 13.8 Å². The van der Waals surface area contributed by atoms with E-state index in [1.807, 2.05) is 19.9 Å². The van der Waals surface area contributed by atoms with Crippen LogP contribution < -0.4 is 0 Å². The van der Waals surface area contributed by atoms with Crippen molar-refractivity contribution in [2.75, 3.05) is 27.2 Å². The molecule has 0 heterocycles. The summed E-state index contributed by atoms with van der Waals surface area (Å²) in [5.74, 6) is 0.0488. The molecule has 0 N–H and O–H groups in total. The van der Waals surface area contributed by atoms with Gasteiger partial charge in [0, 0.05) is 13.1 Å². The number of rotatable bonds is 4. The largest absolute Gasteiger partial charge is 0.342 e. The fourth-order valence-electron chi connectivity index (χ4n) is 0.807. The van der Waals surface area contributed by atoms with Crippen LogP contribution in [0.5, 0.6) is 0 Å². The highest BCUT2D eigenvalue weighted by molar-refractivity contribution is 5.78. The number of nitriles is 1. The van der Waals surface area contributed by atoms with Crippen molar-refractivity contribution < 1.29 is 4.79 Å². The SMILES string of the molecule is CC(C)N(C)C(=O)CN(C)CC#N. The summed E-state index contributed by atoms with van der Waals surface area (Å²) in [6.07, 6.45) is 0. The Bertz CT molecular complexity index is 207. The summed E-state index contributed by atoms with van der Waals surface area (Å²) < 4.78 is 0. The summed E-state index contributed by atoms with van der Waals surface area (Å²) in [4.78, 5) is 14.8. The number of likely N-dealkylation sites (N-methyl/N-ethyl adjacent to an activating group) is 2. The van der Waals surface area contributed by atoms with E-state index in [-0.39, 0.29) is 18.5 Å². The summed E-state index contributed by atoms with van der Waals surface area (Å²) in [6.45, 7) is 4.52. The smallest absolute Gasteiger partial charge is 0.236 e. The van der Waals surface area contributed by atoms with Gasteiger partial charge >= 0.3 is 0 Å². The van der Waals surface area contributed by atoms with Gasteiger partial charge in [0.05, 0.1) is 19.2 Å². The second-order valence-electron chi connectivity index (χ2n) is 3.43. The van der Waals surface area contributed by atoms with Crippen molar-refractivity contribution in [1.29, 1.82) is 5.26 Å². The Morgan fingerprint density at radius 2 is 2.00 bits per heavy atom. The second kappa shape index (κ2) is 5.55. The van der Waals surface area contributed by atoms with E-state index in [2.05, 4.69) is 0 Å². The van der Waals surface area contributed by atoms with E-state index in [0.29, 0.717) is 6.54 Å². The molecule has 4 heteroatoms. The average Bonchev–Trinajstić information content (AvgIpc) is 2.03. The molecule has 13 heavy (non-hydrogen) atoms. The second-order valence-corrected chi connectivity index (χ2v) is 3.43. The zero-order chi connectivity index (χ0) is 10.4. The number of hydrogen-bond acceptors (Lipinski definition) is 3. The molecule has 0 saturated heterocycles. The summed E-state index contributed by atoms with van der Waals surface area (Å²) in [6, 6.07) is 2.21. The molecule has 74 valence electrons. The van der Waals surface area contributed by atoms with Gasteiger partial charge in [-0.15, -0.1) is 0 Å². The molecule has 0 bridgehead atoms. The first-order valence-corrected chi connectivity index (χ1v) is 4.30. The van der Waals surface area contributed by atoms with Gasteiger partial charge in [-0.05, 0) is 20.9 Å². The van der Waals surface area contributed by atoms with Gasteiger partial charge < -0.3 is 4.90 Å². The lowest BCUT2D eigenvalue weighted by atomic mass is 10.3. The van der Waals surface area contributed by atoms with Gasteiger partial charge in [-0.25, -0.2) is 0 Å². The van der Waals surface area contributed by atoms with Crippen LogP contribution in [0.3, 0.4) is 0 Å². The monoisotopic (exact) mass is 183 g/mol. The third-order valence-corrected chi connectivity index (χ3v) is 1.91. The van der Waals surface area contributed by atoms with Crippen molar-refractivity contribution in [2.45, 2.75) is 19.9 Å². The Hall–Kier alpha value is -1.08. The maximum atomic E-state index is 11.4. The van der Waals surface area contributed by atoms with Crippen molar-refractivity contribution >= 4 is 5.91 Å². The Morgan fingerprint density at radius 1 is 1.46 bits per heavy atom. The first kappa shape index (κ1) is 11.9. The van der Waals surface area contributed by atoms with Crippen molar-refractivity contribution in [3.63, 3.8) is 0 Å². The topological polar surface area (TPSA) is 47.3 Å². The lowest BCUT2D eigenvalue weighted by Gasteiger charge is -2.23. The zero-order valence-corrected chi connectivity index (χ0v) is 8.74. The molecule has 0 aromatic carbocycles. The van der Waals surface area contributed by atoms with Crippen LogP contribution >= 0.6 is 0 Å². The Morgan fingerprint density at radius 3 is 2.38 bits per heavy atom. The molecule has 0 spiro atoms. The number of carbonyl (C=O) groups is 1. The normalized spacial score (nSPS) is 10.2. The van der Waals surface area contributed by atoms with Crippen molar-refractivity contribution in [3.05, 3.63) is 0 Å². The van der Waals surface area contributed by atoms with E-state index in [9.17, 15) is 4.79 Å². The minimum atomic E-state index is 0.0488. The third kappa shape index (κ3) is 4.48. The molecule has 0 aliphatic heterocycles. The Labute approximate surface area is 79.7 Å². The molecule has 0 aliphatic rings. The fraction of sp³-hybridized carbons (Fsp3) is 0.778. The molecule has 1 amide bonds. The number of hydrogen-bond donors (Lipinski definition) is 0. The van der Waals surface area contributed by atoms with Crippen LogP contribution in [0.2, 0.25) is 0 Å². The predicted molar refractivity (Wildman–Crippen MR) is 51.0 cm³/mol. The quantitative estimate of drug-likeness (QED) is 0.589. The van der Waals surface area contributed by atoms with Gasteiger partial charge in [0.15, 0.2) is 0 Å². The molecule has 0 rings (SSSR count). The van der Waals surface area contributed by atoms with Gasteiger partial charge in [-0.3, -0.25) is 9.69 Å².